The highest BCUT2D eigenvalue weighted by Gasteiger charge is 2.42. The van der Waals surface area contributed by atoms with Crippen LogP contribution in [-0.2, 0) is 10.2 Å². The molecule has 1 aromatic heterocycles. The molecule has 0 aliphatic heterocycles. The van der Waals surface area contributed by atoms with E-state index in [2.05, 4.69) is 6.07 Å². The van der Waals surface area contributed by atoms with Crippen LogP contribution < -0.4 is 0 Å². The van der Waals surface area contributed by atoms with Crippen LogP contribution in [0.1, 0.15) is 42.5 Å². The van der Waals surface area contributed by atoms with E-state index < -0.39 is 11.4 Å². The largest absolute Gasteiger partial charge is 0.481 e. The first-order valence-electron chi connectivity index (χ1n) is 5.41. The average Bonchev–Trinajstić information content (AvgIpc) is 2.78. The molecule has 2 rings (SSSR count). The van der Waals surface area contributed by atoms with Crippen molar-refractivity contribution in [2.24, 2.45) is 0 Å². The van der Waals surface area contributed by atoms with E-state index in [1.165, 1.54) is 11.3 Å². The van der Waals surface area contributed by atoms with Crippen molar-refractivity contribution in [2.75, 3.05) is 0 Å². The minimum Gasteiger partial charge on any atom is -0.481 e. The SMILES string of the molecule is N#Cc1csc(C2(C(=O)O)CCCCC2)c1. The summed E-state index contributed by atoms with van der Waals surface area (Å²) in [4.78, 5) is 12.3. The highest BCUT2D eigenvalue weighted by molar-refractivity contribution is 7.10. The zero-order valence-corrected chi connectivity index (χ0v) is 9.72. The number of carbonyl (C=O) groups is 1. The number of carboxylic acid groups (broad SMARTS) is 1. The first-order chi connectivity index (χ1) is 7.69. The molecule has 0 atom stereocenters. The molecule has 4 heteroatoms. The molecule has 3 nitrogen and oxygen atoms in total. The molecule has 1 saturated carbocycles. The first kappa shape index (κ1) is 11.2. The van der Waals surface area contributed by atoms with Crippen LogP contribution in [0.25, 0.3) is 0 Å². The highest BCUT2D eigenvalue weighted by Crippen LogP contribution is 2.42. The first-order valence-corrected chi connectivity index (χ1v) is 6.29. The van der Waals surface area contributed by atoms with Gasteiger partial charge in [0.1, 0.15) is 11.5 Å². The normalized spacial score (nSPS) is 18.9. The molecular weight excluding hydrogens is 222 g/mol. The molecule has 1 aliphatic carbocycles. The van der Waals surface area contributed by atoms with Crippen LogP contribution in [0, 0.1) is 11.3 Å². The minimum absolute atomic E-state index is 0.575. The van der Waals surface area contributed by atoms with E-state index in [-0.39, 0.29) is 0 Å². The Morgan fingerprint density at radius 2 is 2.12 bits per heavy atom. The van der Waals surface area contributed by atoms with E-state index in [0.29, 0.717) is 18.4 Å². The molecule has 0 saturated heterocycles. The van der Waals surface area contributed by atoms with E-state index in [9.17, 15) is 9.90 Å². The van der Waals surface area contributed by atoms with Crippen molar-refractivity contribution in [3.05, 3.63) is 21.9 Å². The van der Waals surface area contributed by atoms with E-state index >= 15 is 0 Å². The lowest BCUT2D eigenvalue weighted by Crippen LogP contribution is -2.36. The lowest BCUT2D eigenvalue weighted by atomic mass is 9.73. The zero-order valence-electron chi connectivity index (χ0n) is 8.90. The predicted octanol–water partition coefficient (Wildman–Crippen LogP) is 2.91. The van der Waals surface area contributed by atoms with Crippen LogP contribution in [0.5, 0.6) is 0 Å². The lowest BCUT2D eigenvalue weighted by molar-refractivity contribution is -0.145. The number of rotatable bonds is 2. The maximum Gasteiger partial charge on any atom is 0.314 e. The Morgan fingerprint density at radius 3 is 2.62 bits per heavy atom. The van der Waals surface area contributed by atoms with Crippen molar-refractivity contribution in [3.8, 4) is 6.07 Å². The second kappa shape index (κ2) is 4.26. The molecule has 1 N–H and O–H groups in total. The molecule has 0 unspecified atom stereocenters. The number of thiophene rings is 1. The summed E-state index contributed by atoms with van der Waals surface area (Å²) in [6.45, 7) is 0. The topological polar surface area (TPSA) is 61.1 Å². The van der Waals surface area contributed by atoms with Gasteiger partial charge in [-0.2, -0.15) is 5.26 Å². The fourth-order valence-corrected chi connectivity index (χ4v) is 3.45. The second-order valence-corrected chi connectivity index (χ2v) is 5.17. The van der Waals surface area contributed by atoms with Crippen molar-refractivity contribution >= 4 is 17.3 Å². The molecule has 1 heterocycles. The third-order valence-corrected chi connectivity index (χ3v) is 4.45. The fraction of sp³-hybridized carbons (Fsp3) is 0.500. The highest BCUT2D eigenvalue weighted by atomic mass is 32.1. The molecule has 1 aromatic rings. The van der Waals surface area contributed by atoms with Gasteiger partial charge in [-0.15, -0.1) is 11.3 Å². The summed E-state index contributed by atoms with van der Waals surface area (Å²) >= 11 is 1.40. The number of hydrogen-bond donors (Lipinski definition) is 1. The van der Waals surface area contributed by atoms with Crippen LogP contribution in [0.4, 0.5) is 0 Å². The second-order valence-electron chi connectivity index (χ2n) is 4.26. The van der Waals surface area contributed by atoms with Crippen LogP contribution in [0.15, 0.2) is 11.4 Å². The Kier molecular flexibility index (Phi) is 2.97. The predicted molar refractivity (Wildman–Crippen MR) is 61.4 cm³/mol. The van der Waals surface area contributed by atoms with Gasteiger partial charge in [-0.05, 0) is 18.9 Å². The van der Waals surface area contributed by atoms with Gasteiger partial charge in [-0.1, -0.05) is 19.3 Å². The van der Waals surface area contributed by atoms with Gasteiger partial charge in [0.15, 0.2) is 0 Å². The Labute approximate surface area is 98.3 Å². The van der Waals surface area contributed by atoms with Gasteiger partial charge in [0.05, 0.1) is 5.56 Å². The van der Waals surface area contributed by atoms with E-state index in [1.807, 2.05) is 0 Å². The Balaban J connectivity index is 2.39. The maximum atomic E-state index is 11.5. The average molecular weight is 235 g/mol. The van der Waals surface area contributed by atoms with E-state index in [4.69, 9.17) is 5.26 Å². The standard InChI is InChI=1S/C12H13NO2S/c13-7-9-6-10(16-8-9)12(11(14)15)4-2-1-3-5-12/h6,8H,1-5H2,(H,14,15). The maximum absolute atomic E-state index is 11.5. The summed E-state index contributed by atoms with van der Waals surface area (Å²) in [5.74, 6) is -0.737. The van der Waals surface area contributed by atoms with Gasteiger partial charge in [0, 0.05) is 10.3 Å². The van der Waals surface area contributed by atoms with Crippen molar-refractivity contribution in [3.63, 3.8) is 0 Å². The summed E-state index contributed by atoms with van der Waals surface area (Å²) in [6, 6.07) is 3.80. The van der Waals surface area contributed by atoms with E-state index in [0.717, 1.165) is 24.1 Å². The van der Waals surface area contributed by atoms with Crippen LogP contribution >= 0.6 is 11.3 Å². The number of aliphatic carboxylic acids is 1. The molecule has 1 aliphatic rings. The van der Waals surface area contributed by atoms with Crippen LogP contribution in [0.3, 0.4) is 0 Å². The molecule has 84 valence electrons. The minimum atomic E-state index is -0.737. The Bertz CT molecular complexity index is 438. The monoisotopic (exact) mass is 235 g/mol. The third kappa shape index (κ3) is 1.72. The summed E-state index contributed by atoms with van der Waals surface area (Å²) in [5.41, 5.74) is -0.149. The molecule has 16 heavy (non-hydrogen) atoms. The summed E-state index contributed by atoms with van der Waals surface area (Å²) < 4.78 is 0. The summed E-state index contributed by atoms with van der Waals surface area (Å²) in [7, 11) is 0. The van der Waals surface area contributed by atoms with Crippen molar-refractivity contribution in [2.45, 2.75) is 37.5 Å². The van der Waals surface area contributed by atoms with Gasteiger partial charge >= 0.3 is 5.97 Å². The molecule has 1 fully saturated rings. The molecule has 0 spiro atoms. The van der Waals surface area contributed by atoms with Gasteiger partial charge in [0.25, 0.3) is 0 Å². The van der Waals surface area contributed by atoms with Crippen molar-refractivity contribution in [1.29, 1.82) is 5.26 Å². The lowest BCUT2D eigenvalue weighted by Gasteiger charge is -2.32. The molecule has 0 bridgehead atoms. The Morgan fingerprint density at radius 1 is 1.44 bits per heavy atom. The number of carboxylic acids is 1. The summed E-state index contributed by atoms with van der Waals surface area (Å²) in [6.07, 6.45) is 4.45. The van der Waals surface area contributed by atoms with Crippen molar-refractivity contribution < 1.29 is 9.90 Å². The van der Waals surface area contributed by atoms with Gasteiger partial charge in [-0.25, -0.2) is 0 Å². The number of nitriles is 1. The smallest absolute Gasteiger partial charge is 0.314 e. The van der Waals surface area contributed by atoms with Crippen LogP contribution in [0.2, 0.25) is 0 Å². The zero-order chi connectivity index (χ0) is 11.6. The molecule has 0 amide bonds. The third-order valence-electron chi connectivity index (χ3n) is 3.32. The van der Waals surface area contributed by atoms with Gasteiger partial charge < -0.3 is 5.11 Å². The number of nitrogens with zero attached hydrogens (tertiary/aromatic N) is 1. The van der Waals surface area contributed by atoms with Crippen molar-refractivity contribution in [1.82, 2.24) is 0 Å². The van der Waals surface area contributed by atoms with Gasteiger partial charge in [0.2, 0.25) is 0 Å². The Hall–Kier alpha value is -1.34. The molecular formula is C12H13NO2S. The fourth-order valence-electron chi connectivity index (χ4n) is 2.37. The summed E-state index contributed by atoms with van der Waals surface area (Å²) in [5, 5.41) is 20.0. The van der Waals surface area contributed by atoms with Crippen LogP contribution in [-0.4, -0.2) is 11.1 Å². The van der Waals surface area contributed by atoms with Gasteiger partial charge in [-0.3, -0.25) is 4.79 Å². The quantitative estimate of drug-likeness (QED) is 0.857. The number of hydrogen-bond acceptors (Lipinski definition) is 3. The molecule has 0 aromatic carbocycles. The van der Waals surface area contributed by atoms with E-state index in [1.54, 1.807) is 11.4 Å². The molecule has 0 radical (unpaired) electrons.